The van der Waals surface area contributed by atoms with Crippen molar-refractivity contribution in [1.29, 1.82) is 5.26 Å². The van der Waals surface area contributed by atoms with E-state index in [-0.39, 0.29) is 0 Å². The van der Waals surface area contributed by atoms with Crippen LogP contribution < -0.4 is 0 Å². The van der Waals surface area contributed by atoms with E-state index in [9.17, 15) is 0 Å². The van der Waals surface area contributed by atoms with Gasteiger partial charge in [0.1, 0.15) is 0 Å². The zero-order valence-corrected chi connectivity index (χ0v) is 10.9. The molecule has 0 bridgehead atoms. The molecule has 3 rings (SSSR count). The van der Waals surface area contributed by atoms with Gasteiger partial charge in [-0.2, -0.15) is 5.26 Å². The molecule has 1 heteroatoms. The van der Waals surface area contributed by atoms with Gasteiger partial charge in [-0.25, -0.2) is 0 Å². The molecule has 1 aliphatic carbocycles. The Morgan fingerprint density at radius 2 is 1.53 bits per heavy atom. The second-order valence-corrected chi connectivity index (χ2v) is 4.95. The van der Waals surface area contributed by atoms with E-state index in [1.807, 2.05) is 24.3 Å². The first-order chi connectivity index (χ1) is 9.75. The SMILES string of the molecule is [2H]C1(CCC#N)c2ccccc2CCc2ccccc21. The Bertz CT molecular complexity index is 622. The Labute approximate surface area is 115 Å². The molecule has 2 aromatic carbocycles. The molecule has 0 aromatic heterocycles. The van der Waals surface area contributed by atoms with Gasteiger partial charge in [-0.15, -0.1) is 0 Å². The van der Waals surface area contributed by atoms with Crippen LogP contribution in [0.25, 0.3) is 0 Å². The molecule has 0 fully saturated rings. The van der Waals surface area contributed by atoms with Gasteiger partial charge in [-0.3, -0.25) is 0 Å². The number of hydrogen-bond donors (Lipinski definition) is 0. The smallest absolute Gasteiger partial charge is 0.0622 e. The standard InChI is InChI=1S/C18H17N/c19-13-5-10-18-16-8-3-1-6-14(16)11-12-15-7-2-4-9-17(15)18/h1-4,6-9,18H,5,10-12H2/i18D. The largest absolute Gasteiger partial charge is 0.198 e. The van der Waals surface area contributed by atoms with E-state index in [1.165, 1.54) is 11.1 Å². The fourth-order valence-electron chi connectivity index (χ4n) is 2.93. The Balaban J connectivity index is 2.22. The zero-order chi connectivity index (χ0) is 14.0. The molecule has 19 heavy (non-hydrogen) atoms. The lowest BCUT2D eigenvalue weighted by molar-refractivity contribution is 0.729. The maximum Gasteiger partial charge on any atom is 0.0622 e. The average Bonchev–Trinajstić information content (AvgIpc) is 2.62. The van der Waals surface area contributed by atoms with E-state index in [0.29, 0.717) is 12.8 Å². The van der Waals surface area contributed by atoms with Crippen molar-refractivity contribution in [2.24, 2.45) is 0 Å². The van der Waals surface area contributed by atoms with Gasteiger partial charge in [0.25, 0.3) is 0 Å². The molecule has 0 unspecified atom stereocenters. The highest BCUT2D eigenvalue weighted by molar-refractivity contribution is 5.44. The topological polar surface area (TPSA) is 23.8 Å². The lowest BCUT2D eigenvalue weighted by atomic mass is 9.85. The second kappa shape index (κ2) is 5.28. The normalized spacial score (nSPS) is 16.5. The zero-order valence-electron chi connectivity index (χ0n) is 11.9. The van der Waals surface area contributed by atoms with Gasteiger partial charge in [0.2, 0.25) is 0 Å². The maximum atomic E-state index is 9.08. The quantitative estimate of drug-likeness (QED) is 0.780. The molecule has 0 saturated carbocycles. The van der Waals surface area contributed by atoms with Crippen molar-refractivity contribution in [2.45, 2.75) is 31.6 Å². The average molecular weight is 248 g/mol. The fourth-order valence-corrected chi connectivity index (χ4v) is 2.93. The van der Waals surface area contributed by atoms with Crippen molar-refractivity contribution in [1.82, 2.24) is 0 Å². The van der Waals surface area contributed by atoms with Crippen LogP contribution in [0.4, 0.5) is 0 Å². The molecule has 0 radical (unpaired) electrons. The lowest BCUT2D eigenvalue weighted by Crippen LogP contribution is -2.03. The van der Waals surface area contributed by atoms with E-state index >= 15 is 0 Å². The van der Waals surface area contributed by atoms with Crippen molar-refractivity contribution in [3.8, 4) is 6.07 Å². The molecule has 0 N–H and O–H groups in total. The van der Waals surface area contributed by atoms with Crippen LogP contribution in [0.3, 0.4) is 0 Å². The predicted octanol–water partition coefficient (Wildman–Crippen LogP) is 4.22. The number of fused-ring (bicyclic) bond motifs is 2. The summed E-state index contributed by atoms with van der Waals surface area (Å²) in [7, 11) is 0. The van der Waals surface area contributed by atoms with Crippen molar-refractivity contribution < 1.29 is 1.37 Å². The van der Waals surface area contributed by atoms with Crippen LogP contribution in [0, 0.1) is 11.3 Å². The minimum Gasteiger partial charge on any atom is -0.198 e. The third kappa shape index (κ3) is 2.27. The maximum absolute atomic E-state index is 9.08. The Hall–Kier alpha value is -2.07. The van der Waals surface area contributed by atoms with Gasteiger partial charge in [0.05, 0.1) is 6.07 Å². The van der Waals surface area contributed by atoms with Crippen molar-refractivity contribution >= 4 is 0 Å². The Morgan fingerprint density at radius 3 is 2.05 bits per heavy atom. The van der Waals surface area contributed by atoms with Gasteiger partial charge in [-0.1, -0.05) is 48.5 Å². The van der Waals surface area contributed by atoms with Crippen LogP contribution in [0.2, 0.25) is 0 Å². The number of benzene rings is 2. The molecule has 0 spiro atoms. The number of aryl methyl sites for hydroxylation is 2. The Kier molecular flexibility index (Phi) is 3.01. The van der Waals surface area contributed by atoms with Gasteiger partial charge in [-0.05, 0) is 41.5 Å². The van der Waals surface area contributed by atoms with Gasteiger partial charge in [0.15, 0.2) is 0 Å². The predicted molar refractivity (Wildman–Crippen MR) is 77.0 cm³/mol. The highest BCUT2D eigenvalue weighted by Gasteiger charge is 2.22. The van der Waals surface area contributed by atoms with Crippen molar-refractivity contribution in [3.63, 3.8) is 0 Å². The summed E-state index contributed by atoms with van der Waals surface area (Å²) >= 11 is 0. The van der Waals surface area contributed by atoms with Gasteiger partial charge in [0, 0.05) is 13.7 Å². The molecule has 0 atom stereocenters. The number of hydrogen-bond acceptors (Lipinski definition) is 1. The first-order valence-corrected chi connectivity index (χ1v) is 6.79. The van der Waals surface area contributed by atoms with Crippen molar-refractivity contribution in [3.05, 3.63) is 70.8 Å². The number of nitriles is 1. The summed E-state index contributed by atoms with van der Waals surface area (Å²) in [5, 5.41) is 8.94. The molecular weight excluding hydrogens is 230 g/mol. The summed E-state index contributed by atoms with van der Waals surface area (Å²) < 4.78 is 9.08. The molecule has 0 aliphatic heterocycles. The third-order valence-electron chi connectivity index (χ3n) is 3.84. The molecule has 0 amide bonds. The first-order valence-electron chi connectivity index (χ1n) is 7.29. The van der Waals surface area contributed by atoms with E-state index < -0.39 is 5.89 Å². The Morgan fingerprint density at radius 1 is 1.00 bits per heavy atom. The third-order valence-corrected chi connectivity index (χ3v) is 3.84. The molecule has 2 aromatic rings. The van der Waals surface area contributed by atoms with Crippen LogP contribution in [-0.2, 0) is 12.8 Å². The molecule has 0 saturated heterocycles. The van der Waals surface area contributed by atoms with E-state index in [4.69, 9.17) is 6.63 Å². The lowest BCUT2D eigenvalue weighted by Gasteiger charge is -2.19. The summed E-state index contributed by atoms with van der Waals surface area (Å²) in [6.07, 6.45) is 2.91. The second-order valence-electron chi connectivity index (χ2n) is 4.95. The summed E-state index contributed by atoms with van der Waals surface area (Å²) in [6, 6.07) is 18.6. The molecule has 1 aliphatic rings. The minimum atomic E-state index is -0.792. The van der Waals surface area contributed by atoms with Crippen molar-refractivity contribution in [2.75, 3.05) is 0 Å². The van der Waals surface area contributed by atoms with Gasteiger partial charge >= 0.3 is 0 Å². The van der Waals surface area contributed by atoms with E-state index in [1.54, 1.807) is 0 Å². The summed E-state index contributed by atoms with van der Waals surface area (Å²) in [6.45, 7) is 0. The van der Waals surface area contributed by atoms with Crippen LogP contribution in [0.5, 0.6) is 0 Å². The molecule has 0 heterocycles. The van der Waals surface area contributed by atoms with Gasteiger partial charge < -0.3 is 0 Å². The highest BCUT2D eigenvalue weighted by Crippen LogP contribution is 2.36. The van der Waals surface area contributed by atoms with Crippen LogP contribution in [0.1, 0.15) is 42.4 Å². The first kappa shape index (κ1) is 10.8. The van der Waals surface area contributed by atoms with E-state index in [2.05, 4.69) is 30.3 Å². The summed E-state index contributed by atoms with van der Waals surface area (Å²) in [5.74, 6) is -0.792. The number of rotatable bonds is 2. The molecule has 94 valence electrons. The highest BCUT2D eigenvalue weighted by atomic mass is 14.3. The van der Waals surface area contributed by atoms with Crippen LogP contribution in [0.15, 0.2) is 48.5 Å². The van der Waals surface area contributed by atoms with E-state index in [0.717, 1.165) is 24.0 Å². The monoisotopic (exact) mass is 248 g/mol. The minimum absolute atomic E-state index is 0.409. The number of nitrogens with zero attached hydrogens (tertiary/aromatic N) is 1. The van der Waals surface area contributed by atoms with Crippen LogP contribution in [-0.4, -0.2) is 0 Å². The summed E-state index contributed by atoms with van der Waals surface area (Å²) in [4.78, 5) is 0. The summed E-state index contributed by atoms with van der Waals surface area (Å²) in [5.41, 5.74) is 4.63. The van der Waals surface area contributed by atoms with Crippen LogP contribution >= 0.6 is 0 Å². The fraction of sp³-hybridized carbons (Fsp3) is 0.278. The molecule has 1 nitrogen and oxygen atoms in total. The molecular formula is C18H17N.